The van der Waals surface area contributed by atoms with E-state index in [9.17, 15) is 23.1 Å². The van der Waals surface area contributed by atoms with Gasteiger partial charge in [0.05, 0.1) is 6.26 Å². The molecule has 10 heteroatoms. The summed E-state index contributed by atoms with van der Waals surface area (Å²) in [6.45, 7) is 0.449. The van der Waals surface area contributed by atoms with Gasteiger partial charge >= 0.3 is 5.97 Å². The van der Waals surface area contributed by atoms with Crippen molar-refractivity contribution in [1.82, 2.24) is 0 Å². The molecule has 162 valence electrons. The van der Waals surface area contributed by atoms with E-state index in [1.54, 1.807) is 47.4 Å². The monoisotopic (exact) mass is 461 g/mol. The van der Waals surface area contributed by atoms with Gasteiger partial charge in [-0.25, -0.2) is 13.2 Å². The lowest BCUT2D eigenvalue weighted by Crippen LogP contribution is -2.33. The maximum atomic E-state index is 13.2. The Hall–Kier alpha value is -3.04. The Balaban J connectivity index is 1.67. The van der Waals surface area contributed by atoms with E-state index in [4.69, 9.17) is 11.6 Å². The molecule has 8 nitrogen and oxygen atoms in total. The molecule has 1 fully saturated rings. The minimum absolute atomic E-state index is 0.189. The molecule has 1 amide bonds. The number of hydrogen-bond acceptors (Lipinski definition) is 5. The Labute approximate surface area is 184 Å². The number of sulfonamides is 1. The summed E-state index contributed by atoms with van der Waals surface area (Å²) in [5.41, 5.74) is 3.70. The molecule has 31 heavy (non-hydrogen) atoms. The molecule has 1 unspecified atom stereocenters. The van der Waals surface area contributed by atoms with Crippen molar-refractivity contribution in [3.05, 3.63) is 58.6 Å². The van der Waals surface area contributed by atoms with Gasteiger partial charge in [0.1, 0.15) is 6.04 Å². The van der Waals surface area contributed by atoms with E-state index in [1.807, 2.05) is 0 Å². The lowest BCUT2D eigenvalue weighted by Gasteiger charge is -2.28. The summed E-state index contributed by atoms with van der Waals surface area (Å²) in [6, 6.07) is 10.9. The van der Waals surface area contributed by atoms with E-state index < -0.39 is 22.0 Å². The predicted octanol–water partition coefficient (Wildman–Crippen LogP) is 3.17. The molecule has 1 atom stereocenters. The zero-order valence-corrected chi connectivity index (χ0v) is 18.1. The van der Waals surface area contributed by atoms with Crippen molar-refractivity contribution >= 4 is 56.1 Å². The number of carboxylic acid groups (broad SMARTS) is 1. The van der Waals surface area contributed by atoms with Gasteiger partial charge < -0.3 is 15.3 Å². The molecule has 4 rings (SSSR count). The smallest absolute Gasteiger partial charge is 0.326 e. The summed E-state index contributed by atoms with van der Waals surface area (Å²) < 4.78 is 25.1. The Bertz CT molecular complexity index is 1210. The largest absolute Gasteiger partial charge is 0.480 e. The summed E-state index contributed by atoms with van der Waals surface area (Å²) >= 11 is 6.07. The first-order valence-corrected chi connectivity index (χ1v) is 11.8. The molecule has 0 aromatic heterocycles. The van der Waals surface area contributed by atoms with Gasteiger partial charge in [0, 0.05) is 46.2 Å². The quantitative estimate of drug-likeness (QED) is 0.602. The van der Waals surface area contributed by atoms with Crippen LogP contribution < -0.4 is 14.9 Å². The molecule has 0 bridgehead atoms. The fourth-order valence-corrected chi connectivity index (χ4v) is 4.67. The molecule has 2 aromatic carbocycles. The van der Waals surface area contributed by atoms with Crippen molar-refractivity contribution in [2.75, 3.05) is 27.7 Å². The van der Waals surface area contributed by atoms with Crippen LogP contribution in [0.1, 0.15) is 18.4 Å². The number of benzene rings is 2. The third-order valence-corrected chi connectivity index (χ3v) is 6.12. The summed E-state index contributed by atoms with van der Waals surface area (Å²) in [4.78, 5) is 26.5. The molecular formula is C21H20ClN3O5S. The summed E-state index contributed by atoms with van der Waals surface area (Å²) in [7, 11) is -3.39. The second kappa shape index (κ2) is 7.90. The van der Waals surface area contributed by atoms with Crippen molar-refractivity contribution in [2.24, 2.45) is 0 Å². The third-order valence-electron chi connectivity index (χ3n) is 5.28. The summed E-state index contributed by atoms with van der Waals surface area (Å²) in [5.74, 6) is -1.19. The predicted molar refractivity (Wildman–Crippen MR) is 120 cm³/mol. The maximum Gasteiger partial charge on any atom is 0.326 e. The molecule has 3 N–H and O–H groups in total. The molecule has 0 radical (unpaired) electrons. The number of nitrogens with zero attached hydrogens (tertiary/aromatic N) is 1. The number of rotatable bonds is 4. The highest BCUT2D eigenvalue weighted by Crippen LogP contribution is 2.40. The van der Waals surface area contributed by atoms with Crippen LogP contribution in [0.4, 0.5) is 17.1 Å². The topological polar surface area (TPSA) is 116 Å². The molecule has 0 aliphatic carbocycles. The third kappa shape index (κ3) is 4.38. The Morgan fingerprint density at radius 1 is 1.19 bits per heavy atom. The van der Waals surface area contributed by atoms with Gasteiger partial charge in [-0.2, -0.15) is 0 Å². The number of carbonyl (C=O) groups is 2. The molecule has 0 spiro atoms. The fraction of sp³-hybridized carbons (Fsp3) is 0.238. The van der Waals surface area contributed by atoms with E-state index in [0.717, 1.165) is 11.8 Å². The second-order valence-electron chi connectivity index (χ2n) is 7.51. The average Bonchev–Trinajstić information content (AvgIpc) is 3.07. The van der Waals surface area contributed by atoms with Crippen LogP contribution in [0, 0.1) is 0 Å². The molecular weight excluding hydrogens is 442 g/mol. The fourth-order valence-electron chi connectivity index (χ4n) is 3.93. The number of aliphatic carboxylic acids is 1. The minimum Gasteiger partial charge on any atom is -0.480 e. The van der Waals surface area contributed by atoms with Gasteiger partial charge in [-0.3, -0.25) is 9.52 Å². The molecule has 2 aliphatic rings. The van der Waals surface area contributed by atoms with Crippen molar-refractivity contribution in [1.29, 1.82) is 0 Å². The Kier molecular flexibility index (Phi) is 5.40. The van der Waals surface area contributed by atoms with E-state index in [0.29, 0.717) is 46.2 Å². The number of carboxylic acids is 1. The number of hydrogen-bond donors (Lipinski definition) is 3. The van der Waals surface area contributed by atoms with Gasteiger partial charge in [-0.15, -0.1) is 0 Å². The lowest BCUT2D eigenvalue weighted by atomic mass is 9.88. The SMILES string of the molecule is CS(=O)(=O)Nc1ccc(N2CC/C(=C3/CC(C(=O)O)Nc4cc(Cl)ccc43)C2=O)cc1. The van der Waals surface area contributed by atoms with Crippen LogP contribution in [0.5, 0.6) is 0 Å². The first kappa shape index (κ1) is 21.2. The van der Waals surface area contributed by atoms with Gasteiger partial charge in [0.15, 0.2) is 0 Å². The lowest BCUT2D eigenvalue weighted by molar-refractivity contribution is -0.137. The number of amides is 1. The zero-order chi connectivity index (χ0) is 22.3. The van der Waals surface area contributed by atoms with Crippen molar-refractivity contribution < 1.29 is 23.1 Å². The van der Waals surface area contributed by atoms with Crippen LogP contribution in [0.2, 0.25) is 5.02 Å². The van der Waals surface area contributed by atoms with Crippen LogP contribution in [-0.4, -0.2) is 44.2 Å². The summed E-state index contributed by atoms with van der Waals surface area (Å²) in [5, 5.41) is 13.0. The molecule has 2 heterocycles. The average molecular weight is 462 g/mol. The van der Waals surface area contributed by atoms with E-state index in [1.165, 1.54) is 0 Å². The zero-order valence-electron chi connectivity index (χ0n) is 16.6. The molecule has 0 saturated carbocycles. The number of anilines is 3. The highest BCUT2D eigenvalue weighted by molar-refractivity contribution is 7.92. The van der Waals surface area contributed by atoms with Gasteiger partial charge in [-0.05, 0) is 48.4 Å². The van der Waals surface area contributed by atoms with Crippen LogP contribution >= 0.6 is 11.6 Å². The first-order valence-electron chi connectivity index (χ1n) is 9.53. The van der Waals surface area contributed by atoms with Crippen LogP contribution in [-0.2, 0) is 19.6 Å². The highest BCUT2D eigenvalue weighted by Gasteiger charge is 2.35. The van der Waals surface area contributed by atoms with Crippen molar-refractivity contribution in [2.45, 2.75) is 18.9 Å². The number of nitrogens with one attached hydrogen (secondary N) is 2. The summed E-state index contributed by atoms with van der Waals surface area (Å²) in [6.07, 6.45) is 1.74. The van der Waals surface area contributed by atoms with Crippen molar-refractivity contribution in [3.8, 4) is 0 Å². The number of halogens is 1. The molecule has 2 aromatic rings. The second-order valence-corrected chi connectivity index (χ2v) is 9.70. The first-order chi connectivity index (χ1) is 14.6. The standard InChI is InChI=1S/C21H20ClN3O5S/c1-31(29,30)24-13-3-5-14(6-4-13)25-9-8-16(20(25)26)17-11-19(21(27)28)23-18-10-12(22)2-7-15(17)18/h2-7,10,19,23-24H,8-9,11H2,1H3,(H,27,28)/b17-16+. The van der Waals surface area contributed by atoms with E-state index in [-0.39, 0.29) is 12.3 Å². The van der Waals surface area contributed by atoms with Crippen LogP contribution in [0.15, 0.2) is 48.0 Å². The van der Waals surface area contributed by atoms with E-state index >= 15 is 0 Å². The molecule has 1 saturated heterocycles. The number of carbonyl (C=O) groups excluding carboxylic acids is 1. The maximum absolute atomic E-state index is 13.2. The normalized spacial score (nSPS) is 20.9. The number of fused-ring (bicyclic) bond motifs is 1. The van der Waals surface area contributed by atoms with Crippen LogP contribution in [0.3, 0.4) is 0 Å². The van der Waals surface area contributed by atoms with E-state index in [2.05, 4.69) is 10.0 Å². The van der Waals surface area contributed by atoms with Gasteiger partial charge in [-0.1, -0.05) is 17.7 Å². The minimum atomic E-state index is -3.39. The Morgan fingerprint density at radius 3 is 2.55 bits per heavy atom. The van der Waals surface area contributed by atoms with Gasteiger partial charge in [0.2, 0.25) is 10.0 Å². The molecule has 2 aliphatic heterocycles. The van der Waals surface area contributed by atoms with Crippen molar-refractivity contribution in [3.63, 3.8) is 0 Å². The highest BCUT2D eigenvalue weighted by atomic mass is 35.5. The Morgan fingerprint density at radius 2 is 1.90 bits per heavy atom. The van der Waals surface area contributed by atoms with Gasteiger partial charge in [0.25, 0.3) is 5.91 Å². The van der Waals surface area contributed by atoms with Crippen LogP contribution in [0.25, 0.3) is 5.57 Å².